The van der Waals surface area contributed by atoms with Crippen LogP contribution in [0.1, 0.15) is 44.0 Å². The highest BCUT2D eigenvalue weighted by atomic mass is 16.4. The van der Waals surface area contributed by atoms with Gasteiger partial charge in [-0.25, -0.2) is 4.98 Å². The van der Waals surface area contributed by atoms with Crippen LogP contribution in [0.4, 0.5) is 0 Å². The number of aliphatic carboxylic acids is 1. The van der Waals surface area contributed by atoms with Gasteiger partial charge in [-0.1, -0.05) is 6.42 Å². The highest BCUT2D eigenvalue weighted by molar-refractivity contribution is 5.67. The van der Waals surface area contributed by atoms with Crippen molar-refractivity contribution >= 4 is 5.97 Å². The first kappa shape index (κ1) is 11.2. The Hall–Kier alpha value is -1.32. The number of imidazole rings is 1. The van der Waals surface area contributed by atoms with E-state index in [1.807, 2.05) is 19.3 Å². The summed E-state index contributed by atoms with van der Waals surface area (Å²) in [5.74, 6) is 0.687. The van der Waals surface area contributed by atoms with E-state index in [2.05, 4.69) is 9.55 Å². The Labute approximate surface area is 95.3 Å². The van der Waals surface area contributed by atoms with E-state index in [-0.39, 0.29) is 0 Å². The third kappa shape index (κ3) is 2.43. The van der Waals surface area contributed by atoms with E-state index in [1.54, 1.807) is 0 Å². The lowest BCUT2D eigenvalue weighted by Crippen LogP contribution is -2.21. The molecule has 1 aliphatic rings. The smallest absolute Gasteiger partial charge is 0.303 e. The predicted octanol–water partition coefficient (Wildman–Crippen LogP) is 2.40. The van der Waals surface area contributed by atoms with Gasteiger partial charge in [-0.15, -0.1) is 0 Å². The maximum absolute atomic E-state index is 10.7. The molecular formula is C12H18N2O2. The first-order chi connectivity index (χ1) is 7.66. The van der Waals surface area contributed by atoms with Gasteiger partial charge in [-0.3, -0.25) is 4.79 Å². The van der Waals surface area contributed by atoms with E-state index in [9.17, 15) is 4.79 Å². The van der Waals surface area contributed by atoms with Crippen LogP contribution in [0.25, 0.3) is 0 Å². The maximum Gasteiger partial charge on any atom is 0.303 e. The minimum atomic E-state index is -0.673. The summed E-state index contributed by atoms with van der Waals surface area (Å²) in [5, 5.41) is 8.82. The molecule has 2 rings (SSSR count). The third-order valence-electron chi connectivity index (χ3n) is 3.47. The summed E-state index contributed by atoms with van der Waals surface area (Å²) < 4.78 is 2.19. The number of nitrogens with zero attached hydrogens (tertiary/aromatic N) is 2. The van der Waals surface area contributed by atoms with Crippen molar-refractivity contribution in [3.05, 3.63) is 18.2 Å². The van der Waals surface area contributed by atoms with Crippen molar-refractivity contribution in [3.8, 4) is 0 Å². The van der Waals surface area contributed by atoms with E-state index in [1.165, 1.54) is 0 Å². The highest BCUT2D eigenvalue weighted by Crippen LogP contribution is 2.34. The Balaban J connectivity index is 2.02. The Bertz CT molecular complexity index is 373. The molecule has 0 radical (unpaired) electrons. The molecule has 0 spiro atoms. The molecule has 0 saturated heterocycles. The molecule has 4 nitrogen and oxygen atoms in total. The average molecular weight is 222 g/mol. The fourth-order valence-electron chi connectivity index (χ4n) is 2.72. The number of hydrogen-bond donors (Lipinski definition) is 1. The second-order valence-electron chi connectivity index (χ2n) is 4.67. The van der Waals surface area contributed by atoms with Crippen LogP contribution in [0.5, 0.6) is 0 Å². The molecule has 1 aromatic rings. The molecule has 2 atom stereocenters. The molecule has 88 valence electrons. The first-order valence-electron chi connectivity index (χ1n) is 5.88. The summed E-state index contributed by atoms with van der Waals surface area (Å²) in [5.41, 5.74) is 0. The molecule has 1 aliphatic carbocycles. The molecule has 16 heavy (non-hydrogen) atoms. The first-order valence-corrected chi connectivity index (χ1v) is 5.88. The van der Waals surface area contributed by atoms with Crippen molar-refractivity contribution in [3.63, 3.8) is 0 Å². The summed E-state index contributed by atoms with van der Waals surface area (Å²) in [7, 11) is 0. The van der Waals surface area contributed by atoms with Crippen LogP contribution >= 0.6 is 0 Å². The molecule has 0 aliphatic heterocycles. The Kier molecular flexibility index (Phi) is 3.27. The standard InChI is InChI=1S/C12H18N2O2/c1-9-13-5-6-14(9)11-4-2-3-10(7-11)8-12(15)16/h5-6,10-11H,2-4,7-8H2,1H3,(H,15,16). The van der Waals surface area contributed by atoms with E-state index in [4.69, 9.17) is 5.11 Å². The predicted molar refractivity (Wildman–Crippen MR) is 60.2 cm³/mol. The van der Waals surface area contributed by atoms with Crippen molar-refractivity contribution in [1.29, 1.82) is 0 Å². The second-order valence-corrected chi connectivity index (χ2v) is 4.67. The van der Waals surface area contributed by atoms with E-state index < -0.39 is 5.97 Å². The van der Waals surface area contributed by atoms with Crippen molar-refractivity contribution in [2.75, 3.05) is 0 Å². The topological polar surface area (TPSA) is 55.1 Å². The van der Waals surface area contributed by atoms with Crippen molar-refractivity contribution < 1.29 is 9.90 Å². The van der Waals surface area contributed by atoms with E-state index in [0.29, 0.717) is 18.4 Å². The van der Waals surface area contributed by atoms with Gasteiger partial charge in [-0.2, -0.15) is 0 Å². The number of hydrogen-bond acceptors (Lipinski definition) is 2. The lowest BCUT2D eigenvalue weighted by molar-refractivity contribution is -0.138. The largest absolute Gasteiger partial charge is 0.481 e. The Morgan fingerprint density at radius 3 is 3.06 bits per heavy atom. The summed E-state index contributed by atoms with van der Waals surface area (Å²) >= 11 is 0. The number of aromatic nitrogens is 2. The molecule has 4 heteroatoms. The van der Waals surface area contributed by atoms with Crippen LogP contribution < -0.4 is 0 Å². The van der Waals surface area contributed by atoms with Crippen molar-refractivity contribution in [2.24, 2.45) is 5.92 Å². The number of carboxylic acids is 1. The summed E-state index contributed by atoms with van der Waals surface area (Å²) in [6.07, 6.45) is 8.43. The van der Waals surface area contributed by atoms with Gasteiger partial charge in [0.05, 0.1) is 0 Å². The molecule has 1 saturated carbocycles. The van der Waals surface area contributed by atoms with Crippen LogP contribution in [0.2, 0.25) is 0 Å². The number of rotatable bonds is 3. The van der Waals surface area contributed by atoms with Crippen molar-refractivity contribution in [2.45, 2.75) is 45.1 Å². The third-order valence-corrected chi connectivity index (χ3v) is 3.47. The van der Waals surface area contributed by atoms with Crippen LogP contribution in [0.3, 0.4) is 0 Å². The van der Waals surface area contributed by atoms with Gasteiger partial charge in [0.2, 0.25) is 0 Å². The number of carboxylic acid groups (broad SMARTS) is 1. The molecule has 1 N–H and O–H groups in total. The maximum atomic E-state index is 10.7. The van der Waals surface area contributed by atoms with Crippen LogP contribution in [-0.2, 0) is 4.79 Å². The minimum absolute atomic E-state index is 0.310. The quantitative estimate of drug-likeness (QED) is 0.854. The summed E-state index contributed by atoms with van der Waals surface area (Å²) in [6.45, 7) is 2.00. The fraction of sp³-hybridized carbons (Fsp3) is 0.667. The molecule has 0 aromatic carbocycles. The van der Waals surface area contributed by atoms with Gasteiger partial charge in [0.25, 0.3) is 0 Å². The Morgan fingerprint density at radius 2 is 2.44 bits per heavy atom. The highest BCUT2D eigenvalue weighted by Gasteiger charge is 2.25. The van der Waals surface area contributed by atoms with Gasteiger partial charge >= 0.3 is 5.97 Å². The van der Waals surface area contributed by atoms with Crippen molar-refractivity contribution in [1.82, 2.24) is 9.55 Å². The summed E-state index contributed by atoms with van der Waals surface area (Å²) in [4.78, 5) is 14.9. The van der Waals surface area contributed by atoms with Gasteiger partial charge < -0.3 is 9.67 Å². The SMILES string of the molecule is Cc1nccn1C1CCCC(CC(=O)O)C1. The minimum Gasteiger partial charge on any atom is -0.481 e. The van der Waals surface area contributed by atoms with Gasteiger partial charge in [0.15, 0.2) is 0 Å². The average Bonchev–Trinajstić information content (AvgIpc) is 2.64. The van der Waals surface area contributed by atoms with Gasteiger partial charge in [0, 0.05) is 24.9 Å². The lowest BCUT2D eigenvalue weighted by Gasteiger charge is -2.29. The zero-order chi connectivity index (χ0) is 11.5. The molecule has 1 heterocycles. The molecule has 1 fully saturated rings. The van der Waals surface area contributed by atoms with Crippen LogP contribution in [-0.4, -0.2) is 20.6 Å². The zero-order valence-corrected chi connectivity index (χ0v) is 9.59. The monoisotopic (exact) mass is 222 g/mol. The fourth-order valence-corrected chi connectivity index (χ4v) is 2.72. The molecular weight excluding hydrogens is 204 g/mol. The van der Waals surface area contributed by atoms with Gasteiger partial charge in [-0.05, 0) is 32.1 Å². The summed E-state index contributed by atoms with van der Waals surface area (Å²) in [6, 6.07) is 0.445. The molecule has 2 unspecified atom stereocenters. The molecule has 1 aromatic heterocycles. The number of aryl methyl sites for hydroxylation is 1. The Morgan fingerprint density at radius 1 is 1.62 bits per heavy atom. The number of carbonyl (C=O) groups is 1. The molecule has 0 amide bonds. The normalized spacial score (nSPS) is 25.6. The van der Waals surface area contributed by atoms with Crippen LogP contribution in [0, 0.1) is 12.8 Å². The second kappa shape index (κ2) is 4.68. The van der Waals surface area contributed by atoms with E-state index in [0.717, 1.165) is 31.5 Å². The zero-order valence-electron chi connectivity index (χ0n) is 9.59. The molecule has 0 bridgehead atoms. The van der Waals surface area contributed by atoms with Crippen LogP contribution in [0.15, 0.2) is 12.4 Å². The lowest BCUT2D eigenvalue weighted by atomic mass is 9.83. The van der Waals surface area contributed by atoms with Gasteiger partial charge in [0.1, 0.15) is 5.82 Å². The van der Waals surface area contributed by atoms with E-state index >= 15 is 0 Å².